The third-order valence-electron chi connectivity index (χ3n) is 2.30. The van der Waals surface area contributed by atoms with Crippen molar-refractivity contribution in [1.82, 2.24) is 0 Å². The van der Waals surface area contributed by atoms with Crippen molar-refractivity contribution >= 4 is 26.6 Å². The number of fused-ring (bicyclic) bond motifs is 1. The van der Waals surface area contributed by atoms with Gasteiger partial charge in [-0.05, 0) is 0 Å². The van der Waals surface area contributed by atoms with Crippen molar-refractivity contribution in [3.63, 3.8) is 0 Å². The Morgan fingerprint density at radius 1 is 1.12 bits per heavy atom. The minimum atomic E-state index is -4.43. The van der Waals surface area contributed by atoms with Crippen LogP contribution in [0.15, 0.2) is 35.2 Å². The highest BCUT2D eigenvalue weighted by atomic mass is 32.2. The van der Waals surface area contributed by atoms with Gasteiger partial charge in [0.05, 0.1) is 5.69 Å². The fourth-order valence-electron chi connectivity index (χ4n) is 1.57. The zero-order valence-corrected chi connectivity index (χ0v) is 8.90. The smallest absolute Gasteiger partial charge is 0.296 e. The van der Waals surface area contributed by atoms with Crippen LogP contribution in [0.25, 0.3) is 10.8 Å². The minimum absolute atomic E-state index is 0.0732. The monoisotopic (exact) mass is 239 g/mol. The van der Waals surface area contributed by atoms with E-state index in [2.05, 4.69) is 0 Å². The predicted octanol–water partition coefficient (Wildman–Crippen LogP) is 1.37. The highest BCUT2D eigenvalue weighted by Crippen LogP contribution is 2.34. The minimum Gasteiger partial charge on any atom is -0.507 e. The van der Waals surface area contributed by atoms with E-state index in [4.69, 9.17) is 10.3 Å². The van der Waals surface area contributed by atoms with Gasteiger partial charge in [-0.3, -0.25) is 4.55 Å². The van der Waals surface area contributed by atoms with Crippen molar-refractivity contribution in [2.24, 2.45) is 0 Å². The molecule has 0 aliphatic heterocycles. The van der Waals surface area contributed by atoms with Gasteiger partial charge in [-0.15, -0.1) is 0 Å². The molecule has 0 fully saturated rings. The highest BCUT2D eigenvalue weighted by molar-refractivity contribution is 7.86. The first kappa shape index (κ1) is 10.7. The third-order valence-corrected chi connectivity index (χ3v) is 3.20. The second-order valence-corrected chi connectivity index (χ2v) is 4.72. The van der Waals surface area contributed by atoms with E-state index >= 15 is 0 Å². The molecule has 0 spiro atoms. The van der Waals surface area contributed by atoms with Crippen LogP contribution >= 0.6 is 0 Å². The normalized spacial score (nSPS) is 11.8. The molecule has 6 heteroatoms. The molecule has 4 N–H and O–H groups in total. The van der Waals surface area contributed by atoms with E-state index < -0.39 is 15.0 Å². The van der Waals surface area contributed by atoms with Crippen LogP contribution in [0, 0.1) is 0 Å². The number of hydrogen-bond donors (Lipinski definition) is 3. The van der Waals surface area contributed by atoms with Crippen molar-refractivity contribution in [3.8, 4) is 5.75 Å². The Morgan fingerprint density at radius 3 is 2.25 bits per heavy atom. The number of anilines is 1. The predicted molar refractivity (Wildman–Crippen MR) is 59.8 cm³/mol. The Hall–Kier alpha value is -1.79. The second-order valence-electron chi connectivity index (χ2n) is 3.33. The number of rotatable bonds is 1. The molecule has 0 aliphatic rings. The number of nitrogen functional groups attached to an aromatic ring is 1. The highest BCUT2D eigenvalue weighted by Gasteiger charge is 2.18. The molecule has 2 aromatic carbocycles. The van der Waals surface area contributed by atoms with Crippen LogP contribution in [0.2, 0.25) is 0 Å². The SMILES string of the molecule is Nc1c(S(=O)(=O)O)cc(O)c2ccccc12. The van der Waals surface area contributed by atoms with Crippen LogP contribution in [0.4, 0.5) is 5.69 Å². The molecule has 0 aromatic heterocycles. The molecular weight excluding hydrogens is 230 g/mol. The molecule has 0 atom stereocenters. The number of nitrogens with two attached hydrogens (primary N) is 1. The molecule has 0 bridgehead atoms. The lowest BCUT2D eigenvalue weighted by Gasteiger charge is -2.08. The Labute approximate surface area is 91.9 Å². The van der Waals surface area contributed by atoms with Gasteiger partial charge in [0.25, 0.3) is 10.1 Å². The molecule has 16 heavy (non-hydrogen) atoms. The number of benzene rings is 2. The van der Waals surface area contributed by atoms with Crippen LogP contribution < -0.4 is 5.73 Å². The lowest BCUT2D eigenvalue weighted by Crippen LogP contribution is -2.03. The van der Waals surface area contributed by atoms with Crippen LogP contribution in [0.5, 0.6) is 5.75 Å². The number of phenols is 1. The maximum absolute atomic E-state index is 11.0. The van der Waals surface area contributed by atoms with E-state index in [0.717, 1.165) is 6.07 Å². The number of phenolic OH excluding ortho intramolecular Hbond substituents is 1. The molecule has 0 amide bonds. The van der Waals surface area contributed by atoms with Gasteiger partial charge in [-0.1, -0.05) is 24.3 Å². The maximum Gasteiger partial charge on any atom is 0.296 e. The first-order valence-corrected chi connectivity index (χ1v) is 5.83. The summed E-state index contributed by atoms with van der Waals surface area (Å²) in [6, 6.07) is 7.46. The fourth-order valence-corrected chi connectivity index (χ4v) is 2.22. The zero-order valence-electron chi connectivity index (χ0n) is 8.08. The van der Waals surface area contributed by atoms with Crippen LogP contribution in [0.1, 0.15) is 0 Å². The van der Waals surface area contributed by atoms with Crippen LogP contribution in [0.3, 0.4) is 0 Å². The molecule has 2 rings (SSSR count). The summed E-state index contributed by atoms with van der Waals surface area (Å²) in [5.41, 5.74) is 5.55. The Morgan fingerprint density at radius 2 is 1.69 bits per heavy atom. The lowest BCUT2D eigenvalue weighted by atomic mass is 10.1. The molecular formula is C10H9NO4S. The van der Waals surface area contributed by atoms with Crippen molar-refractivity contribution in [2.75, 3.05) is 5.73 Å². The van der Waals surface area contributed by atoms with E-state index in [1.807, 2.05) is 0 Å². The van der Waals surface area contributed by atoms with Gasteiger partial charge >= 0.3 is 0 Å². The van der Waals surface area contributed by atoms with E-state index in [-0.39, 0.29) is 11.4 Å². The fraction of sp³-hybridized carbons (Fsp3) is 0. The summed E-state index contributed by atoms with van der Waals surface area (Å²) in [7, 11) is -4.43. The van der Waals surface area contributed by atoms with E-state index in [0.29, 0.717) is 10.8 Å². The molecule has 5 nitrogen and oxygen atoms in total. The lowest BCUT2D eigenvalue weighted by molar-refractivity contribution is 0.471. The summed E-state index contributed by atoms with van der Waals surface area (Å²) in [6.45, 7) is 0. The summed E-state index contributed by atoms with van der Waals surface area (Å²) >= 11 is 0. The van der Waals surface area contributed by atoms with Crippen molar-refractivity contribution in [2.45, 2.75) is 4.90 Å². The van der Waals surface area contributed by atoms with E-state index in [1.54, 1.807) is 24.3 Å². The Balaban J connectivity index is 2.97. The van der Waals surface area contributed by atoms with Gasteiger partial charge < -0.3 is 10.8 Å². The average molecular weight is 239 g/mol. The molecule has 84 valence electrons. The molecule has 0 saturated carbocycles. The quantitative estimate of drug-likeness (QED) is 0.396. The van der Waals surface area contributed by atoms with Crippen molar-refractivity contribution < 1.29 is 18.1 Å². The molecule has 0 unspecified atom stereocenters. The van der Waals surface area contributed by atoms with E-state index in [1.165, 1.54) is 0 Å². The first-order chi connectivity index (χ1) is 7.41. The Kier molecular flexibility index (Phi) is 2.25. The molecule has 0 saturated heterocycles. The molecule has 0 heterocycles. The average Bonchev–Trinajstić information content (AvgIpc) is 2.22. The summed E-state index contributed by atoms with van der Waals surface area (Å²) in [5, 5.41) is 10.4. The summed E-state index contributed by atoms with van der Waals surface area (Å²) in [4.78, 5) is -0.483. The van der Waals surface area contributed by atoms with Crippen LogP contribution in [-0.2, 0) is 10.1 Å². The topological polar surface area (TPSA) is 101 Å². The second kappa shape index (κ2) is 3.36. The van der Waals surface area contributed by atoms with Crippen molar-refractivity contribution in [1.29, 1.82) is 0 Å². The van der Waals surface area contributed by atoms with Gasteiger partial charge in [0, 0.05) is 16.8 Å². The molecule has 0 aliphatic carbocycles. The first-order valence-electron chi connectivity index (χ1n) is 4.39. The van der Waals surface area contributed by atoms with Gasteiger partial charge in [-0.25, -0.2) is 0 Å². The number of hydrogen-bond acceptors (Lipinski definition) is 4. The van der Waals surface area contributed by atoms with Gasteiger partial charge in [0.1, 0.15) is 10.6 Å². The third kappa shape index (κ3) is 1.58. The Bertz CT molecular complexity index is 664. The van der Waals surface area contributed by atoms with E-state index in [9.17, 15) is 13.5 Å². The van der Waals surface area contributed by atoms with Gasteiger partial charge in [0.2, 0.25) is 0 Å². The van der Waals surface area contributed by atoms with Gasteiger partial charge in [-0.2, -0.15) is 8.42 Å². The zero-order chi connectivity index (χ0) is 11.9. The molecule has 2 aromatic rings. The number of aromatic hydroxyl groups is 1. The largest absolute Gasteiger partial charge is 0.507 e. The summed E-state index contributed by atoms with van der Waals surface area (Å²) in [5.74, 6) is -0.238. The maximum atomic E-state index is 11.0. The van der Waals surface area contributed by atoms with Gasteiger partial charge in [0.15, 0.2) is 0 Å². The van der Waals surface area contributed by atoms with Crippen molar-refractivity contribution in [3.05, 3.63) is 30.3 Å². The molecule has 0 radical (unpaired) electrons. The summed E-state index contributed by atoms with van der Waals surface area (Å²) in [6.07, 6.45) is 0. The van der Waals surface area contributed by atoms with Crippen LogP contribution in [-0.4, -0.2) is 18.1 Å². The summed E-state index contributed by atoms with van der Waals surface area (Å²) < 4.78 is 31.0. The standard InChI is InChI=1S/C10H9NO4S/c11-10-7-4-2-1-3-6(7)8(12)5-9(10)16(13,14)15/h1-5,12H,11H2,(H,13,14,15).